The Labute approximate surface area is 128 Å². The first-order valence-electron chi connectivity index (χ1n) is 6.83. The summed E-state index contributed by atoms with van der Waals surface area (Å²) in [6, 6.07) is 3.96. The summed E-state index contributed by atoms with van der Waals surface area (Å²) in [6.45, 7) is 4.50. The fourth-order valence-electron chi connectivity index (χ4n) is 2.25. The number of pyridine rings is 1. The fourth-order valence-corrected chi connectivity index (χ4v) is 2.42. The van der Waals surface area contributed by atoms with Crippen molar-refractivity contribution in [1.29, 1.82) is 0 Å². The summed E-state index contributed by atoms with van der Waals surface area (Å²) in [4.78, 5) is 17.9. The van der Waals surface area contributed by atoms with E-state index in [2.05, 4.69) is 24.5 Å². The number of hydrogen-bond donors (Lipinski definition) is 0. The standard InChI is InChI=1S/C15H16ClN5/c1-10-3-4-13-15(19-10)21(14(20-13)5-6-16)9-12-8-17-11(2)7-18-12/h3-4,7-8H,5-6,9H2,1-2H3. The molecule has 0 bridgehead atoms. The number of fused-ring (bicyclic) bond motifs is 1. The highest BCUT2D eigenvalue weighted by atomic mass is 35.5. The average Bonchev–Trinajstić information content (AvgIpc) is 2.79. The van der Waals surface area contributed by atoms with Gasteiger partial charge in [0.25, 0.3) is 0 Å². The zero-order valence-electron chi connectivity index (χ0n) is 12.0. The van der Waals surface area contributed by atoms with E-state index < -0.39 is 0 Å². The zero-order chi connectivity index (χ0) is 14.8. The molecule has 5 nitrogen and oxygen atoms in total. The smallest absolute Gasteiger partial charge is 0.160 e. The Morgan fingerprint density at radius 1 is 1.05 bits per heavy atom. The Balaban J connectivity index is 2.07. The summed E-state index contributed by atoms with van der Waals surface area (Å²) in [5.74, 6) is 1.46. The van der Waals surface area contributed by atoms with E-state index in [4.69, 9.17) is 11.6 Å². The van der Waals surface area contributed by atoms with E-state index in [-0.39, 0.29) is 0 Å². The first-order valence-corrected chi connectivity index (χ1v) is 7.37. The molecule has 21 heavy (non-hydrogen) atoms. The Morgan fingerprint density at radius 2 is 1.90 bits per heavy atom. The van der Waals surface area contributed by atoms with Gasteiger partial charge in [-0.25, -0.2) is 9.97 Å². The molecule has 6 heteroatoms. The van der Waals surface area contributed by atoms with Gasteiger partial charge in [0.2, 0.25) is 0 Å². The number of hydrogen-bond acceptors (Lipinski definition) is 4. The lowest BCUT2D eigenvalue weighted by molar-refractivity contribution is 0.725. The van der Waals surface area contributed by atoms with Crippen LogP contribution in [0, 0.1) is 13.8 Å². The molecule has 3 aromatic rings. The lowest BCUT2D eigenvalue weighted by Crippen LogP contribution is -2.08. The van der Waals surface area contributed by atoms with Gasteiger partial charge in [-0.3, -0.25) is 9.97 Å². The molecule has 0 unspecified atom stereocenters. The summed E-state index contributed by atoms with van der Waals surface area (Å²) in [5.41, 5.74) is 4.53. The van der Waals surface area contributed by atoms with Gasteiger partial charge < -0.3 is 4.57 Å². The van der Waals surface area contributed by atoms with Crippen molar-refractivity contribution in [3.05, 3.63) is 47.4 Å². The maximum Gasteiger partial charge on any atom is 0.160 e. The number of aromatic nitrogens is 5. The molecule has 3 heterocycles. The number of imidazole rings is 1. The molecule has 3 aromatic heterocycles. The fraction of sp³-hybridized carbons (Fsp3) is 0.333. The lowest BCUT2D eigenvalue weighted by Gasteiger charge is -2.07. The van der Waals surface area contributed by atoms with Crippen LogP contribution in [0.5, 0.6) is 0 Å². The molecule has 0 aliphatic rings. The third-order valence-corrected chi connectivity index (χ3v) is 3.47. The second-order valence-corrected chi connectivity index (χ2v) is 5.38. The van der Waals surface area contributed by atoms with Crippen LogP contribution in [0.3, 0.4) is 0 Å². The van der Waals surface area contributed by atoms with Crippen LogP contribution in [-0.2, 0) is 13.0 Å². The minimum atomic E-state index is 0.530. The van der Waals surface area contributed by atoms with E-state index in [0.717, 1.165) is 34.1 Å². The van der Waals surface area contributed by atoms with Gasteiger partial charge in [0.1, 0.15) is 11.3 Å². The monoisotopic (exact) mass is 301 g/mol. The molecule has 108 valence electrons. The van der Waals surface area contributed by atoms with Gasteiger partial charge >= 0.3 is 0 Å². The molecule has 0 saturated carbocycles. The number of alkyl halides is 1. The quantitative estimate of drug-likeness (QED) is 0.695. The molecule has 0 fully saturated rings. The molecule has 0 N–H and O–H groups in total. The average molecular weight is 302 g/mol. The first-order chi connectivity index (χ1) is 10.2. The zero-order valence-corrected chi connectivity index (χ0v) is 12.8. The third kappa shape index (κ3) is 2.88. The van der Waals surface area contributed by atoms with Gasteiger partial charge in [-0.05, 0) is 26.0 Å². The number of halogens is 1. The summed E-state index contributed by atoms with van der Waals surface area (Å²) in [6.07, 6.45) is 4.27. The molecule has 3 rings (SSSR count). The van der Waals surface area contributed by atoms with Crippen LogP contribution in [0.1, 0.15) is 22.9 Å². The number of nitrogens with zero attached hydrogens (tertiary/aromatic N) is 5. The molecule has 0 aliphatic heterocycles. The van der Waals surface area contributed by atoms with Crippen LogP contribution < -0.4 is 0 Å². The van der Waals surface area contributed by atoms with E-state index in [0.29, 0.717) is 18.8 Å². The van der Waals surface area contributed by atoms with Crippen molar-refractivity contribution in [3.8, 4) is 0 Å². The predicted molar refractivity (Wildman–Crippen MR) is 82.6 cm³/mol. The van der Waals surface area contributed by atoms with Crippen molar-refractivity contribution in [3.63, 3.8) is 0 Å². The van der Waals surface area contributed by atoms with Crippen molar-refractivity contribution >= 4 is 22.8 Å². The Morgan fingerprint density at radius 3 is 2.62 bits per heavy atom. The lowest BCUT2D eigenvalue weighted by atomic mass is 10.3. The topological polar surface area (TPSA) is 56.5 Å². The second-order valence-electron chi connectivity index (χ2n) is 5.00. The molecule has 0 atom stereocenters. The van der Waals surface area contributed by atoms with E-state index in [1.807, 2.05) is 26.0 Å². The van der Waals surface area contributed by atoms with Crippen molar-refractivity contribution in [1.82, 2.24) is 24.5 Å². The van der Waals surface area contributed by atoms with Gasteiger partial charge in [-0.2, -0.15) is 0 Å². The minimum Gasteiger partial charge on any atom is -0.307 e. The summed E-state index contributed by atoms with van der Waals surface area (Å²) in [7, 11) is 0. The minimum absolute atomic E-state index is 0.530. The molecule has 0 radical (unpaired) electrons. The van der Waals surface area contributed by atoms with Crippen molar-refractivity contribution in [2.75, 3.05) is 5.88 Å². The van der Waals surface area contributed by atoms with Crippen molar-refractivity contribution in [2.24, 2.45) is 0 Å². The Bertz CT molecular complexity index is 764. The van der Waals surface area contributed by atoms with Gasteiger partial charge in [-0.1, -0.05) is 0 Å². The van der Waals surface area contributed by atoms with Crippen molar-refractivity contribution < 1.29 is 0 Å². The van der Waals surface area contributed by atoms with Crippen LogP contribution in [-0.4, -0.2) is 30.4 Å². The SMILES string of the molecule is Cc1cnc(Cn2c(CCCl)nc3ccc(C)nc32)cn1. The third-order valence-electron chi connectivity index (χ3n) is 3.28. The highest BCUT2D eigenvalue weighted by molar-refractivity contribution is 6.17. The highest BCUT2D eigenvalue weighted by Crippen LogP contribution is 2.17. The van der Waals surface area contributed by atoms with Crippen molar-refractivity contribution in [2.45, 2.75) is 26.8 Å². The summed E-state index contributed by atoms with van der Waals surface area (Å²) >= 11 is 5.89. The predicted octanol–water partition coefficient (Wildman–Crippen LogP) is 2.67. The Kier molecular flexibility index (Phi) is 3.84. The second kappa shape index (κ2) is 5.77. The van der Waals surface area contributed by atoms with Gasteiger partial charge in [0.15, 0.2) is 5.65 Å². The Hall–Kier alpha value is -2.01. The van der Waals surface area contributed by atoms with E-state index >= 15 is 0 Å². The summed E-state index contributed by atoms with van der Waals surface area (Å²) < 4.78 is 2.07. The van der Waals surface area contributed by atoms with Crippen LogP contribution in [0.2, 0.25) is 0 Å². The van der Waals surface area contributed by atoms with Crippen LogP contribution in [0.15, 0.2) is 24.5 Å². The summed E-state index contributed by atoms with van der Waals surface area (Å²) in [5, 5.41) is 0. The first kappa shape index (κ1) is 13.9. The molecule has 0 aliphatic carbocycles. The molecule has 0 spiro atoms. The molecular formula is C15H16ClN5. The number of rotatable bonds is 4. The molecular weight excluding hydrogens is 286 g/mol. The van der Waals surface area contributed by atoms with Gasteiger partial charge in [0, 0.05) is 24.2 Å². The largest absolute Gasteiger partial charge is 0.307 e. The van der Waals surface area contributed by atoms with Crippen LogP contribution in [0.4, 0.5) is 0 Å². The number of aryl methyl sites for hydroxylation is 3. The van der Waals surface area contributed by atoms with E-state index in [1.165, 1.54) is 0 Å². The molecule has 0 amide bonds. The van der Waals surface area contributed by atoms with Gasteiger partial charge in [0.05, 0.1) is 24.1 Å². The molecule has 0 aromatic carbocycles. The van der Waals surface area contributed by atoms with Crippen LogP contribution >= 0.6 is 11.6 Å². The highest BCUT2D eigenvalue weighted by Gasteiger charge is 2.12. The van der Waals surface area contributed by atoms with E-state index in [9.17, 15) is 0 Å². The van der Waals surface area contributed by atoms with E-state index in [1.54, 1.807) is 12.4 Å². The van der Waals surface area contributed by atoms with Gasteiger partial charge in [-0.15, -0.1) is 11.6 Å². The van der Waals surface area contributed by atoms with Crippen LogP contribution in [0.25, 0.3) is 11.2 Å². The molecule has 0 saturated heterocycles. The maximum absolute atomic E-state index is 5.89. The maximum atomic E-state index is 5.89. The normalized spacial score (nSPS) is 11.2.